The Morgan fingerprint density at radius 2 is 2.05 bits per heavy atom. The lowest BCUT2D eigenvalue weighted by Crippen LogP contribution is -2.63. The number of hydrazine groups is 1. The third kappa shape index (κ3) is 3.85. The van der Waals surface area contributed by atoms with Crippen molar-refractivity contribution in [3.05, 3.63) is 34.3 Å². The van der Waals surface area contributed by atoms with Crippen LogP contribution in [-0.4, -0.2) is 42.8 Å². The number of ether oxygens (including phenoxy) is 1. The summed E-state index contributed by atoms with van der Waals surface area (Å²) in [6.45, 7) is 8.10. The first-order valence-electron chi connectivity index (χ1n) is 7.64. The van der Waals surface area contributed by atoms with Crippen LogP contribution in [0.2, 0.25) is 0 Å². The van der Waals surface area contributed by atoms with E-state index >= 15 is 0 Å². The quantitative estimate of drug-likeness (QED) is 0.607. The Bertz CT molecular complexity index is 451. The fraction of sp³-hybridized carbons (Fsp3) is 0.625. The molecule has 2 rings (SSSR count). The van der Waals surface area contributed by atoms with E-state index < -0.39 is 0 Å². The van der Waals surface area contributed by atoms with Crippen LogP contribution in [0.1, 0.15) is 25.8 Å². The van der Waals surface area contributed by atoms with Gasteiger partial charge in [0.05, 0.1) is 13.2 Å². The minimum absolute atomic E-state index is 0.0216. The molecule has 21 heavy (non-hydrogen) atoms. The van der Waals surface area contributed by atoms with Gasteiger partial charge in [-0.3, -0.25) is 16.2 Å². The molecule has 1 aliphatic rings. The van der Waals surface area contributed by atoms with Crippen LogP contribution >= 0.6 is 15.9 Å². The maximum absolute atomic E-state index is 5.92. The first-order chi connectivity index (χ1) is 10.1. The highest BCUT2D eigenvalue weighted by molar-refractivity contribution is 9.10. The highest BCUT2D eigenvalue weighted by Crippen LogP contribution is 2.28. The molecular formula is C16H26BrN3O. The summed E-state index contributed by atoms with van der Waals surface area (Å²) in [4.78, 5) is 2.51. The van der Waals surface area contributed by atoms with Gasteiger partial charge >= 0.3 is 0 Å². The normalized spacial score (nSPS) is 21.0. The summed E-state index contributed by atoms with van der Waals surface area (Å²) in [5.41, 5.74) is 4.37. The molecule has 1 aliphatic heterocycles. The molecule has 0 aliphatic carbocycles. The van der Waals surface area contributed by atoms with Crippen molar-refractivity contribution in [2.75, 3.05) is 26.3 Å². The molecule has 1 saturated heterocycles. The van der Waals surface area contributed by atoms with Crippen LogP contribution in [0.15, 0.2) is 28.7 Å². The van der Waals surface area contributed by atoms with Gasteiger partial charge in [0.15, 0.2) is 0 Å². The minimum Gasteiger partial charge on any atom is -0.379 e. The van der Waals surface area contributed by atoms with E-state index in [1.807, 2.05) is 6.07 Å². The molecule has 2 unspecified atom stereocenters. The van der Waals surface area contributed by atoms with E-state index in [1.54, 1.807) is 0 Å². The van der Waals surface area contributed by atoms with Crippen molar-refractivity contribution < 1.29 is 4.74 Å². The number of nitrogens with zero attached hydrogens (tertiary/aromatic N) is 1. The zero-order valence-corrected chi connectivity index (χ0v) is 14.5. The molecule has 118 valence electrons. The van der Waals surface area contributed by atoms with Crippen LogP contribution < -0.4 is 11.3 Å². The number of morpholine rings is 1. The molecule has 3 N–H and O–H groups in total. The Labute approximate surface area is 136 Å². The third-order valence-corrected chi connectivity index (χ3v) is 5.56. The van der Waals surface area contributed by atoms with Gasteiger partial charge in [-0.15, -0.1) is 0 Å². The maximum Gasteiger partial charge on any atom is 0.0594 e. The molecule has 4 nitrogen and oxygen atoms in total. The van der Waals surface area contributed by atoms with Gasteiger partial charge in [-0.1, -0.05) is 41.1 Å². The second-order valence-corrected chi connectivity index (χ2v) is 6.68. The van der Waals surface area contributed by atoms with Gasteiger partial charge in [0.2, 0.25) is 0 Å². The number of halogens is 1. The molecular weight excluding hydrogens is 330 g/mol. The fourth-order valence-electron chi connectivity index (χ4n) is 3.11. The zero-order chi connectivity index (χ0) is 15.3. The average Bonchev–Trinajstić information content (AvgIpc) is 2.54. The molecule has 1 aromatic rings. The van der Waals surface area contributed by atoms with Gasteiger partial charge in [0, 0.05) is 29.1 Å². The molecule has 1 aromatic carbocycles. The van der Waals surface area contributed by atoms with E-state index in [4.69, 9.17) is 10.6 Å². The zero-order valence-electron chi connectivity index (χ0n) is 12.9. The van der Waals surface area contributed by atoms with Crippen molar-refractivity contribution in [3.8, 4) is 0 Å². The van der Waals surface area contributed by atoms with Crippen LogP contribution in [0.25, 0.3) is 0 Å². The van der Waals surface area contributed by atoms with Crippen molar-refractivity contribution in [3.63, 3.8) is 0 Å². The Morgan fingerprint density at radius 1 is 1.38 bits per heavy atom. The highest BCUT2D eigenvalue weighted by atomic mass is 79.9. The standard InChI is InChI=1S/C16H26BrN3O/c1-3-16(2,20-8-10-21-11-9-20)15(19-18)12-13-6-4-5-7-14(13)17/h4-7,15,19H,3,8-12,18H2,1-2H3. The van der Waals surface area contributed by atoms with Gasteiger partial charge in [0.1, 0.15) is 0 Å². The summed E-state index contributed by atoms with van der Waals surface area (Å²) >= 11 is 3.64. The smallest absolute Gasteiger partial charge is 0.0594 e. The fourth-order valence-corrected chi connectivity index (χ4v) is 3.55. The van der Waals surface area contributed by atoms with Crippen LogP contribution in [0, 0.1) is 0 Å². The van der Waals surface area contributed by atoms with E-state index in [2.05, 4.69) is 58.3 Å². The van der Waals surface area contributed by atoms with E-state index in [9.17, 15) is 0 Å². The van der Waals surface area contributed by atoms with Crippen LogP contribution in [0.5, 0.6) is 0 Å². The van der Waals surface area contributed by atoms with E-state index in [-0.39, 0.29) is 11.6 Å². The molecule has 5 heteroatoms. The lowest BCUT2D eigenvalue weighted by Gasteiger charge is -2.47. The van der Waals surface area contributed by atoms with Crippen molar-refractivity contribution in [2.24, 2.45) is 5.84 Å². The van der Waals surface area contributed by atoms with Gasteiger partial charge in [0.25, 0.3) is 0 Å². The second kappa shape index (κ2) is 7.70. The third-order valence-electron chi connectivity index (χ3n) is 4.78. The molecule has 1 fully saturated rings. The monoisotopic (exact) mass is 355 g/mol. The second-order valence-electron chi connectivity index (χ2n) is 5.82. The predicted octanol–water partition coefficient (Wildman–Crippen LogP) is 2.32. The average molecular weight is 356 g/mol. The van der Waals surface area contributed by atoms with Crippen molar-refractivity contribution in [1.29, 1.82) is 0 Å². The molecule has 2 atom stereocenters. The summed E-state index contributed by atoms with van der Waals surface area (Å²) in [5, 5.41) is 0. The van der Waals surface area contributed by atoms with Crippen LogP contribution in [-0.2, 0) is 11.2 Å². The minimum atomic E-state index is 0.0216. The van der Waals surface area contributed by atoms with Crippen LogP contribution in [0.4, 0.5) is 0 Å². The van der Waals surface area contributed by atoms with E-state index in [0.717, 1.165) is 43.6 Å². The van der Waals surface area contributed by atoms with E-state index in [1.165, 1.54) is 5.56 Å². The number of hydrogen-bond donors (Lipinski definition) is 2. The lowest BCUT2D eigenvalue weighted by atomic mass is 9.83. The summed E-state index contributed by atoms with van der Waals surface area (Å²) < 4.78 is 6.63. The summed E-state index contributed by atoms with van der Waals surface area (Å²) in [7, 11) is 0. The number of nitrogens with one attached hydrogen (secondary N) is 1. The highest BCUT2D eigenvalue weighted by Gasteiger charge is 2.38. The lowest BCUT2D eigenvalue weighted by molar-refractivity contribution is -0.0323. The maximum atomic E-state index is 5.92. The molecule has 0 spiro atoms. The predicted molar refractivity (Wildman–Crippen MR) is 90.0 cm³/mol. The molecule has 0 amide bonds. The Balaban J connectivity index is 2.18. The molecule has 0 bridgehead atoms. The first-order valence-corrected chi connectivity index (χ1v) is 8.43. The summed E-state index contributed by atoms with van der Waals surface area (Å²) in [6, 6.07) is 8.55. The molecule has 0 saturated carbocycles. The number of benzene rings is 1. The largest absolute Gasteiger partial charge is 0.379 e. The molecule has 0 radical (unpaired) electrons. The van der Waals surface area contributed by atoms with Gasteiger partial charge in [-0.2, -0.15) is 0 Å². The SMILES string of the molecule is CCC(C)(C(Cc1ccccc1Br)NN)N1CCOCC1. The summed E-state index contributed by atoms with van der Waals surface area (Å²) in [6.07, 6.45) is 1.95. The molecule has 0 aromatic heterocycles. The Hall–Kier alpha value is -0.460. The van der Waals surface area contributed by atoms with Crippen molar-refractivity contribution >= 4 is 15.9 Å². The summed E-state index contributed by atoms with van der Waals surface area (Å²) in [5.74, 6) is 5.92. The van der Waals surface area contributed by atoms with Gasteiger partial charge in [-0.05, 0) is 31.4 Å². The number of nitrogens with two attached hydrogens (primary N) is 1. The van der Waals surface area contributed by atoms with Crippen LogP contribution in [0.3, 0.4) is 0 Å². The topological polar surface area (TPSA) is 50.5 Å². The first kappa shape index (κ1) is 16.9. The van der Waals surface area contributed by atoms with E-state index in [0.29, 0.717) is 0 Å². The Morgan fingerprint density at radius 3 is 2.62 bits per heavy atom. The van der Waals surface area contributed by atoms with Gasteiger partial charge < -0.3 is 4.74 Å². The van der Waals surface area contributed by atoms with Crippen molar-refractivity contribution in [1.82, 2.24) is 10.3 Å². The number of hydrogen-bond acceptors (Lipinski definition) is 4. The Kier molecular flexibility index (Phi) is 6.20. The number of rotatable bonds is 6. The molecule has 1 heterocycles. The van der Waals surface area contributed by atoms with Crippen molar-refractivity contribution in [2.45, 2.75) is 38.3 Å². The van der Waals surface area contributed by atoms with Gasteiger partial charge in [-0.25, -0.2) is 0 Å².